The standard InChI is InChI=1S/C29H40N4O4/c1-19-14-25(34)31(6)20(2)26(19)27(35)33-17-22-15-32(16-23(22)18-33)24(30-28(36)37-29(3,4)5)13-12-21-10-8-7-9-11-21/h7-11,14,22-24H,12-13,15-18H2,1-6H3,(H,30,36)/t22?,23?,24-/m0/s1. The molecule has 0 aliphatic carbocycles. The van der Waals surface area contributed by atoms with Gasteiger partial charge < -0.3 is 19.5 Å². The Labute approximate surface area is 219 Å². The third kappa shape index (κ3) is 6.24. The highest BCUT2D eigenvalue weighted by molar-refractivity contribution is 5.96. The lowest BCUT2D eigenvalue weighted by atomic mass is 10.0. The van der Waals surface area contributed by atoms with E-state index in [4.69, 9.17) is 4.74 Å². The smallest absolute Gasteiger partial charge is 0.408 e. The van der Waals surface area contributed by atoms with Crippen molar-refractivity contribution in [1.82, 2.24) is 19.7 Å². The Morgan fingerprint density at radius 3 is 2.27 bits per heavy atom. The van der Waals surface area contributed by atoms with Gasteiger partial charge in [0.1, 0.15) is 5.60 Å². The van der Waals surface area contributed by atoms with E-state index in [1.165, 1.54) is 5.56 Å². The Morgan fingerprint density at radius 1 is 1.05 bits per heavy atom. The molecule has 0 spiro atoms. The van der Waals surface area contributed by atoms with Crippen molar-refractivity contribution in [2.75, 3.05) is 26.2 Å². The maximum atomic E-state index is 13.5. The number of aryl methyl sites for hydroxylation is 2. The molecule has 200 valence electrons. The van der Waals surface area contributed by atoms with Crippen molar-refractivity contribution < 1.29 is 14.3 Å². The van der Waals surface area contributed by atoms with Crippen LogP contribution in [0.25, 0.3) is 0 Å². The van der Waals surface area contributed by atoms with Crippen LogP contribution in [-0.4, -0.2) is 64.3 Å². The summed E-state index contributed by atoms with van der Waals surface area (Å²) in [6.45, 7) is 12.3. The lowest BCUT2D eigenvalue weighted by Crippen LogP contribution is -2.50. The normalized spacial score (nSPS) is 20.5. The van der Waals surface area contributed by atoms with Crippen LogP contribution in [0, 0.1) is 25.7 Å². The number of nitrogens with zero attached hydrogens (tertiary/aromatic N) is 3. The van der Waals surface area contributed by atoms with E-state index < -0.39 is 11.7 Å². The van der Waals surface area contributed by atoms with Crippen molar-refractivity contribution in [2.45, 2.75) is 59.2 Å². The van der Waals surface area contributed by atoms with Gasteiger partial charge in [0.15, 0.2) is 0 Å². The minimum absolute atomic E-state index is 0.000873. The first-order chi connectivity index (χ1) is 17.4. The molecule has 2 aliphatic heterocycles. The predicted molar refractivity (Wildman–Crippen MR) is 144 cm³/mol. The van der Waals surface area contributed by atoms with Crippen LogP contribution in [-0.2, 0) is 18.2 Å². The zero-order valence-electron chi connectivity index (χ0n) is 22.9. The van der Waals surface area contributed by atoms with Crippen LogP contribution in [0.3, 0.4) is 0 Å². The Morgan fingerprint density at radius 2 is 1.68 bits per heavy atom. The highest BCUT2D eigenvalue weighted by Gasteiger charge is 2.44. The van der Waals surface area contributed by atoms with E-state index in [0.717, 1.165) is 31.5 Å². The van der Waals surface area contributed by atoms with Crippen LogP contribution >= 0.6 is 0 Å². The van der Waals surface area contributed by atoms with E-state index in [1.807, 2.05) is 57.7 Å². The van der Waals surface area contributed by atoms with Crippen molar-refractivity contribution in [3.05, 3.63) is 69.1 Å². The molecule has 1 aromatic carbocycles. The molecule has 2 unspecified atom stereocenters. The number of hydrogen-bond donors (Lipinski definition) is 1. The molecule has 4 rings (SSSR count). The summed E-state index contributed by atoms with van der Waals surface area (Å²) in [4.78, 5) is 42.5. The summed E-state index contributed by atoms with van der Waals surface area (Å²) in [7, 11) is 1.71. The predicted octanol–water partition coefficient (Wildman–Crippen LogP) is 3.49. The average Bonchev–Trinajstić information content (AvgIpc) is 3.39. The molecule has 1 aromatic heterocycles. The van der Waals surface area contributed by atoms with Gasteiger partial charge in [0, 0.05) is 45.0 Å². The highest BCUT2D eigenvalue weighted by Crippen LogP contribution is 2.34. The van der Waals surface area contributed by atoms with Gasteiger partial charge in [-0.15, -0.1) is 0 Å². The first-order valence-electron chi connectivity index (χ1n) is 13.2. The van der Waals surface area contributed by atoms with Crippen molar-refractivity contribution in [3.8, 4) is 0 Å². The lowest BCUT2D eigenvalue weighted by molar-refractivity contribution is 0.0418. The van der Waals surface area contributed by atoms with Crippen molar-refractivity contribution in [2.24, 2.45) is 18.9 Å². The Hall–Kier alpha value is -3.13. The summed E-state index contributed by atoms with van der Waals surface area (Å²) in [6.07, 6.45) is 1.09. The molecule has 2 amide bonds. The molecule has 2 fully saturated rings. The lowest BCUT2D eigenvalue weighted by Gasteiger charge is -2.31. The first-order valence-corrected chi connectivity index (χ1v) is 13.2. The fourth-order valence-corrected chi connectivity index (χ4v) is 5.64. The second kappa shape index (κ2) is 10.7. The monoisotopic (exact) mass is 508 g/mol. The minimum atomic E-state index is -0.562. The van der Waals surface area contributed by atoms with Gasteiger partial charge in [0.25, 0.3) is 11.5 Å². The van der Waals surface area contributed by atoms with Crippen molar-refractivity contribution in [3.63, 3.8) is 0 Å². The number of pyridine rings is 1. The highest BCUT2D eigenvalue weighted by atomic mass is 16.6. The molecule has 8 heteroatoms. The summed E-state index contributed by atoms with van der Waals surface area (Å²) >= 11 is 0. The molecule has 2 saturated heterocycles. The van der Waals surface area contributed by atoms with Crippen LogP contribution in [0.15, 0.2) is 41.2 Å². The summed E-state index contributed by atoms with van der Waals surface area (Å²) in [5.41, 5.74) is 2.64. The zero-order chi connectivity index (χ0) is 26.9. The summed E-state index contributed by atoms with van der Waals surface area (Å²) in [5, 5.41) is 3.11. The summed E-state index contributed by atoms with van der Waals surface area (Å²) in [5.74, 6) is 0.688. The molecular weight excluding hydrogens is 468 g/mol. The van der Waals surface area contributed by atoms with Gasteiger partial charge in [-0.1, -0.05) is 30.3 Å². The van der Waals surface area contributed by atoms with Crippen LogP contribution in [0.4, 0.5) is 4.79 Å². The van der Waals surface area contributed by atoms with Crippen molar-refractivity contribution >= 4 is 12.0 Å². The molecule has 0 radical (unpaired) electrons. The number of fused-ring (bicyclic) bond motifs is 1. The third-order valence-electron chi connectivity index (χ3n) is 7.62. The second-order valence-electron chi connectivity index (χ2n) is 11.6. The molecule has 0 saturated carbocycles. The number of hydrogen-bond acceptors (Lipinski definition) is 5. The Kier molecular flexibility index (Phi) is 7.78. The van der Waals surface area contributed by atoms with Crippen molar-refractivity contribution in [1.29, 1.82) is 0 Å². The van der Waals surface area contributed by atoms with E-state index in [-0.39, 0.29) is 17.6 Å². The van der Waals surface area contributed by atoms with Gasteiger partial charge in [0.2, 0.25) is 0 Å². The summed E-state index contributed by atoms with van der Waals surface area (Å²) in [6, 6.07) is 11.8. The number of nitrogens with one attached hydrogen (secondary N) is 1. The second-order valence-corrected chi connectivity index (χ2v) is 11.6. The van der Waals surface area contributed by atoms with Crippen LogP contribution in [0.1, 0.15) is 54.4 Å². The molecule has 8 nitrogen and oxygen atoms in total. The fourth-order valence-electron chi connectivity index (χ4n) is 5.64. The SMILES string of the molecule is Cc1cc(=O)n(C)c(C)c1C(=O)N1CC2CN([C@@H](CCc3ccccc3)NC(=O)OC(C)(C)C)CC2C1. The minimum Gasteiger partial charge on any atom is -0.444 e. The average molecular weight is 509 g/mol. The quantitative estimate of drug-likeness (QED) is 0.646. The topological polar surface area (TPSA) is 83.9 Å². The Balaban J connectivity index is 1.43. The van der Waals surface area contributed by atoms with Gasteiger partial charge in [-0.3, -0.25) is 14.5 Å². The van der Waals surface area contributed by atoms with Gasteiger partial charge >= 0.3 is 6.09 Å². The van der Waals surface area contributed by atoms with Gasteiger partial charge in [-0.25, -0.2) is 4.79 Å². The van der Waals surface area contributed by atoms with Crippen LogP contribution in [0.2, 0.25) is 0 Å². The number of aromatic nitrogens is 1. The number of rotatable bonds is 6. The molecule has 2 aliphatic rings. The number of benzene rings is 1. The third-order valence-corrected chi connectivity index (χ3v) is 7.62. The number of ether oxygens (including phenoxy) is 1. The molecule has 1 N–H and O–H groups in total. The maximum Gasteiger partial charge on any atom is 0.408 e. The summed E-state index contributed by atoms with van der Waals surface area (Å²) < 4.78 is 7.10. The number of carbonyl (C=O) groups is 2. The molecule has 37 heavy (non-hydrogen) atoms. The molecule has 2 aromatic rings. The first kappa shape index (κ1) is 26.9. The number of carbonyl (C=O) groups excluding carboxylic acids is 2. The van der Waals surface area contributed by atoms with E-state index >= 15 is 0 Å². The molecule has 3 heterocycles. The van der Waals surface area contributed by atoms with Crippen LogP contribution < -0.4 is 10.9 Å². The number of likely N-dealkylation sites (tertiary alicyclic amines) is 2. The van der Waals surface area contributed by atoms with Gasteiger partial charge in [-0.05, 0) is 70.4 Å². The zero-order valence-corrected chi connectivity index (χ0v) is 22.9. The van der Waals surface area contributed by atoms with Crippen LogP contribution in [0.5, 0.6) is 0 Å². The number of amides is 2. The number of alkyl carbamates (subject to hydrolysis) is 1. The van der Waals surface area contributed by atoms with E-state index in [1.54, 1.807) is 17.7 Å². The van der Waals surface area contributed by atoms with Gasteiger partial charge in [-0.2, -0.15) is 0 Å². The largest absolute Gasteiger partial charge is 0.444 e. The molecular formula is C29H40N4O4. The van der Waals surface area contributed by atoms with Gasteiger partial charge in [0.05, 0.1) is 11.7 Å². The maximum absolute atomic E-state index is 13.5. The van der Waals surface area contributed by atoms with E-state index in [2.05, 4.69) is 22.3 Å². The fraction of sp³-hybridized carbons (Fsp3) is 0.552. The van der Waals surface area contributed by atoms with E-state index in [9.17, 15) is 14.4 Å². The van der Waals surface area contributed by atoms with E-state index in [0.29, 0.717) is 36.2 Å². The molecule has 3 atom stereocenters. The Bertz CT molecular complexity index is 1190. The molecule has 0 bridgehead atoms.